The molecule has 5 nitrogen and oxygen atoms in total. The second kappa shape index (κ2) is 6.16. The Morgan fingerprint density at radius 2 is 2.18 bits per heavy atom. The Hall–Kier alpha value is -0.880. The molecule has 0 radical (unpaired) electrons. The lowest BCUT2D eigenvalue weighted by Gasteiger charge is -2.14. The normalized spacial score (nSPS) is 12.8. The van der Waals surface area contributed by atoms with E-state index in [9.17, 15) is 4.79 Å². The molecule has 1 N–H and O–H groups in total. The van der Waals surface area contributed by atoms with Crippen LogP contribution >= 0.6 is 15.9 Å². The summed E-state index contributed by atoms with van der Waals surface area (Å²) in [5.74, 6) is 0. The van der Waals surface area contributed by atoms with E-state index in [1.807, 2.05) is 20.8 Å². The first kappa shape index (κ1) is 14.2. The van der Waals surface area contributed by atoms with Crippen molar-refractivity contribution in [1.82, 2.24) is 9.78 Å². The number of hydrogen-bond acceptors (Lipinski definition) is 4. The molecule has 0 aliphatic heterocycles. The summed E-state index contributed by atoms with van der Waals surface area (Å²) in [6.45, 7) is 6.41. The van der Waals surface area contributed by atoms with E-state index >= 15 is 0 Å². The number of halogens is 1. The second-order valence-electron chi connectivity index (χ2n) is 4.14. The number of ether oxygens (including phenoxy) is 1. The van der Waals surface area contributed by atoms with Gasteiger partial charge in [0.15, 0.2) is 0 Å². The van der Waals surface area contributed by atoms with Crippen molar-refractivity contribution >= 4 is 21.6 Å². The van der Waals surface area contributed by atoms with Gasteiger partial charge in [0.25, 0.3) is 5.56 Å². The Kier molecular flexibility index (Phi) is 5.14. The molecule has 17 heavy (non-hydrogen) atoms. The van der Waals surface area contributed by atoms with E-state index in [1.165, 1.54) is 4.68 Å². The molecule has 0 saturated heterocycles. The van der Waals surface area contributed by atoms with Crippen molar-refractivity contribution in [3.05, 3.63) is 21.0 Å². The van der Waals surface area contributed by atoms with Crippen molar-refractivity contribution < 1.29 is 4.74 Å². The van der Waals surface area contributed by atoms with E-state index in [2.05, 4.69) is 26.3 Å². The standard InChI is InChI=1S/C11H18BrN3O2/c1-7(2)15-11(16)10(12)9(6-14-15)13-5-8(3)17-4/h6-8,13H,5H2,1-4H3. The summed E-state index contributed by atoms with van der Waals surface area (Å²) in [6.07, 6.45) is 1.72. The highest BCUT2D eigenvalue weighted by molar-refractivity contribution is 9.10. The molecule has 1 aromatic rings. The van der Waals surface area contributed by atoms with Crippen LogP contribution in [0.3, 0.4) is 0 Å². The Morgan fingerprint density at radius 1 is 1.53 bits per heavy atom. The van der Waals surface area contributed by atoms with Gasteiger partial charge in [0.05, 0.1) is 24.0 Å². The van der Waals surface area contributed by atoms with Crippen molar-refractivity contribution in [3.8, 4) is 0 Å². The fourth-order valence-corrected chi connectivity index (χ4v) is 1.70. The van der Waals surface area contributed by atoms with Crippen molar-refractivity contribution in [1.29, 1.82) is 0 Å². The zero-order valence-electron chi connectivity index (χ0n) is 10.5. The van der Waals surface area contributed by atoms with Crippen LogP contribution in [0, 0.1) is 0 Å². The first-order valence-electron chi connectivity index (χ1n) is 5.51. The van der Waals surface area contributed by atoms with E-state index in [0.717, 1.165) is 0 Å². The highest BCUT2D eigenvalue weighted by Crippen LogP contribution is 2.17. The predicted molar refractivity (Wildman–Crippen MR) is 71.5 cm³/mol. The number of anilines is 1. The number of rotatable bonds is 5. The molecule has 6 heteroatoms. The Labute approximate surface area is 109 Å². The van der Waals surface area contributed by atoms with Crippen LogP contribution in [-0.4, -0.2) is 29.5 Å². The maximum atomic E-state index is 11.9. The van der Waals surface area contributed by atoms with Crippen LogP contribution in [0.25, 0.3) is 0 Å². The van der Waals surface area contributed by atoms with Crippen LogP contribution in [0.5, 0.6) is 0 Å². The Bertz CT molecular complexity index is 431. The highest BCUT2D eigenvalue weighted by Gasteiger charge is 2.11. The zero-order chi connectivity index (χ0) is 13.0. The van der Waals surface area contributed by atoms with E-state index < -0.39 is 0 Å². The van der Waals surface area contributed by atoms with Gasteiger partial charge in [0, 0.05) is 13.7 Å². The molecule has 0 bridgehead atoms. The minimum Gasteiger partial charge on any atom is -0.380 e. The summed E-state index contributed by atoms with van der Waals surface area (Å²) in [6, 6.07) is 0.0470. The monoisotopic (exact) mass is 303 g/mol. The topological polar surface area (TPSA) is 56.1 Å². The van der Waals surface area contributed by atoms with Crippen molar-refractivity contribution in [2.24, 2.45) is 0 Å². The van der Waals surface area contributed by atoms with E-state index in [4.69, 9.17) is 4.74 Å². The lowest BCUT2D eigenvalue weighted by Crippen LogP contribution is -2.27. The van der Waals surface area contributed by atoms with Gasteiger partial charge in [-0.3, -0.25) is 4.79 Å². The minimum atomic E-state index is -0.130. The lowest BCUT2D eigenvalue weighted by atomic mass is 10.3. The fraction of sp³-hybridized carbons (Fsp3) is 0.636. The molecule has 1 rings (SSSR count). The van der Waals surface area contributed by atoms with Crippen LogP contribution < -0.4 is 10.9 Å². The van der Waals surface area contributed by atoms with Crippen molar-refractivity contribution in [2.45, 2.75) is 32.9 Å². The molecule has 0 aliphatic carbocycles. The summed E-state index contributed by atoms with van der Waals surface area (Å²) in [7, 11) is 1.65. The van der Waals surface area contributed by atoms with Gasteiger partial charge in [-0.05, 0) is 36.7 Å². The van der Waals surface area contributed by atoms with Crippen LogP contribution in [-0.2, 0) is 4.74 Å². The molecule has 96 valence electrons. The number of aromatic nitrogens is 2. The molecule has 0 amide bonds. The van der Waals surface area contributed by atoms with Gasteiger partial charge in [-0.25, -0.2) is 4.68 Å². The van der Waals surface area contributed by atoms with Gasteiger partial charge in [-0.2, -0.15) is 5.10 Å². The molecule has 1 aromatic heterocycles. The molecule has 0 saturated carbocycles. The Morgan fingerprint density at radius 3 is 2.71 bits per heavy atom. The molecule has 1 unspecified atom stereocenters. The first-order valence-corrected chi connectivity index (χ1v) is 6.30. The number of methoxy groups -OCH3 is 1. The quantitative estimate of drug-likeness (QED) is 0.904. The molecule has 1 heterocycles. The highest BCUT2D eigenvalue weighted by atomic mass is 79.9. The van der Waals surface area contributed by atoms with E-state index in [1.54, 1.807) is 13.3 Å². The second-order valence-corrected chi connectivity index (χ2v) is 4.94. The molecular weight excluding hydrogens is 286 g/mol. The maximum absolute atomic E-state index is 11.9. The average Bonchev–Trinajstić information content (AvgIpc) is 2.30. The van der Waals surface area contributed by atoms with E-state index in [-0.39, 0.29) is 17.7 Å². The van der Waals surface area contributed by atoms with Crippen molar-refractivity contribution in [3.63, 3.8) is 0 Å². The molecule has 0 spiro atoms. The number of hydrogen-bond donors (Lipinski definition) is 1. The van der Waals surface area contributed by atoms with Crippen LogP contribution in [0.4, 0.5) is 5.69 Å². The molecule has 0 aliphatic rings. The van der Waals surface area contributed by atoms with Crippen LogP contribution in [0.15, 0.2) is 15.5 Å². The summed E-state index contributed by atoms with van der Waals surface area (Å²) in [5, 5.41) is 7.24. The summed E-state index contributed by atoms with van der Waals surface area (Å²) >= 11 is 3.29. The van der Waals surface area contributed by atoms with Crippen LogP contribution in [0.1, 0.15) is 26.8 Å². The van der Waals surface area contributed by atoms with Gasteiger partial charge < -0.3 is 10.1 Å². The zero-order valence-corrected chi connectivity index (χ0v) is 12.1. The third-order valence-corrected chi connectivity index (χ3v) is 3.18. The molecule has 1 atom stereocenters. The number of nitrogens with one attached hydrogen (secondary N) is 1. The van der Waals surface area contributed by atoms with Gasteiger partial charge in [-0.1, -0.05) is 0 Å². The van der Waals surface area contributed by atoms with Gasteiger partial charge in [0.1, 0.15) is 4.47 Å². The molecular formula is C11H18BrN3O2. The van der Waals surface area contributed by atoms with Gasteiger partial charge >= 0.3 is 0 Å². The van der Waals surface area contributed by atoms with Gasteiger partial charge in [-0.15, -0.1) is 0 Å². The summed E-state index contributed by atoms with van der Waals surface area (Å²) in [5.41, 5.74) is 0.561. The number of nitrogens with zero attached hydrogens (tertiary/aromatic N) is 2. The maximum Gasteiger partial charge on any atom is 0.283 e. The predicted octanol–water partition coefficient (Wildman–Crippen LogP) is 2.03. The SMILES string of the molecule is COC(C)CNc1cnn(C(C)C)c(=O)c1Br. The largest absolute Gasteiger partial charge is 0.380 e. The molecule has 0 aromatic carbocycles. The van der Waals surface area contributed by atoms with E-state index in [0.29, 0.717) is 16.7 Å². The van der Waals surface area contributed by atoms with Gasteiger partial charge in [0.2, 0.25) is 0 Å². The fourth-order valence-electron chi connectivity index (χ4n) is 1.27. The third-order valence-electron chi connectivity index (χ3n) is 2.42. The van der Waals surface area contributed by atoms with Crippen molar-refractivity contribution in [2.75, 3.05) is 19.0 Å². The lowest BCUT2D eigenvalue weighted by molar-refractivity contribution is 0.129. The first-order chi connectivity index (χ1) is 7.97. The molecule has 0 fully saturated rings. The summed E-state index contributed by atoms with van der Waals surface area (Å²) < 4.78 is 7.07. The minimum absolute atomic E-state index is 0.0470. The average molecular weight is 304 g/mol. The van der Waals surface area contributed by atoms with Crippen LogP contribution in [0.2, 0.25) is 0 Å². The summed E-state index contributed by atoms with van der Waals surface area (Å²) in [4.78, 5) is 11.9. The smallest absolute Gasteiger partial charge is 0.283 e. The Balaban J connectivity index is 2.90. The third kappa shape index (κ3) is 3.54.